The largest absolute Gasteiger partial charge is 0.508 e. The number of phenols is 1. The lowest BCUT2D eigenvalue weighted by molar-refractivity contribution is -0.0113. The Morgan fingerprint density at radius 1 is 1.32 bits per heavy atom. The minimum Gasteiger partial charge on any atom is -0.508 e. The van der Waals surface area contributed by atoms with Gasteiger partial charge < -0.3 is 15.2 Å². The van der Waals surface area contributed by atoms with Crippen molar-refractivity contribution in [2.75, 3.05) is 6.61 Å². The van der Waals surface area contributed by atoms with Crippen LogP contribution < -0.4 is 5.32 Å². The van der Waals surface area contributed by atoms with E-state index in [1.807, 2.05) is 0 Å². The molecule has 1 saturated carbocycles. The van der Waals surface area contributed by atoms with Gasteiger partial charge >= 0.3 is 0 Å². The van der Waals surface area contributed by atoms with Crippen LogP contribution in [0.3, 0.4) is 0 Å². The molecule has 104 valence electrons. The van der Waals surface area contributed by atoms with E-state index in [9.17, 15) is 9.50 Å². The van der Waals surface area contributed by atoms with Crippen LogP contribution in [-0.2, 0) is 11.3 Å². The lowest BCUT2D eigenvalue weighted by Crippen LogP contribution is -2.39. The van der Waals surface area contributed by atoms with Crippen LogP contribution in [-0.4, -0.2) is 23.9 Å². The lowest BCUT2D eigenvalue weighted by Gasteiger charge is -2.30. The van der Waals surface area contributed by atoms with Gasteiger partial charge in [0.25, 0.3) is 0 Å². The lowest BCUT2D eigenvalue weighted by atomic mass is 10.00. The molecule has 0 bridgehead atoms. The fourth-order valence-corrected chi connectivity index (χ4v) is 2.76. The number of ether oxygens (including phenoxy) is 1. The molecule has 2 atom stereocenters. The molecular weight excluding hydrogens is 245 g/mol. The molecule has 2 unspecified atom stereocenters. The van der Waals surface area contributed by atoms with E-state index >= 15 is 0 Å². The highest BCUT2D eigenvalue weighted by molar-refractivity contribution is 5.32. The molecule has 1 aliphatic heterocycles. The number of nitrogens with one attached hydrogen (secondary N) is 1. The second-order valence-corrected chi connectivity index (χ2v) is 5.62. The third-order valence-electron chi connectivity index (χ3n) is 4.09. The molecule has 0 radical (unpaired) electrons. The van der Waals surface area contributed by atoms with Gasteiger partial charge in [0.1, 0.15) is 11.6 Å². The number of hydrogen-bond donors (Lipinski definition) is 2. The maximum absolute atomic E-state index is 13.1. The summed E-state index contributed by atoms with van der Waals surface area (Å²) in [6, 6.07) is 4.47. The zero-order valence-corrected chi connectivity index (χ0v) is 10.9. The molecular formula is C15H20FNO2. The van der Waals surface area contributed by atoms with Crippen LogP contribution in [0.25, 0.3) is 0 Å². The Hall–Kier alpha value is -1.13. The van der Waals surface area contributed by atoms with Crippen molar-refractivity contribution in [2.24, 2.45) is 5.92 Å². The predicted molar refractivity (Wildman–Crippen MR) is 70.4 cm³/mol. The van der Waals surface area contributed by atoms with Gasteiger partial charge in [0.2, 0.25) is 0 Å². The van der Waals surface area contributed by atoms with Crippen molar-refractivity contribution < 1.29 is 14.2 Å². The van der Waals surface area contributed by atoms with Gasteiger partial charge in [0.05, 0.1) is 6.10 Å². The molecule has 0 spiro atoms. The summed E-state index contributed by atoms with van der Waals surface area (Å²) in [5.74, 6) is 0.601. The van der Waals surface area contributed by atoms with Crippen molar-refractivity contribution in [3.05, 3.63) is 29.6 Å². The maximum atomic E-state index is 13.1. The fourth-order valence-electron chi connectivity index (χ4n) is 2.76. The first kappa shape index (κ1) is 12.9. The van der Waals surface area contributed by atoms with Gasteiger partial charge in [-0.25, -0.2) is 4.39 Å². The standard InChI is InChI=1S/C15H20FNO2/c16-12-3-4-14(18)11(7-12)9-17-13-5-6-19-15(8-13)10-1-2-10/h3-4,7,10,13,15,17-18H,1-2,5-6,8-9H2. The minimum atomic E-state index is -0.308. The van der Waals surface area contributed by atoms with Gasteiger partial charge in [0, 0.05) is 24.8 Å². The molecule has 3 nitrogen and oxygen atoms in total. The average molecular weight is 265 g/mol. The van der Waals surface area contributed by atoms with Gasteiger partial charge in [-0.1, -0.05) is 0 Å². The van der Waals surface area contributed by atoms with Gasteiger partial charge in [-0.2, -0.15) is 0 Å². The minimum absolute atomic E-state index is 0.153. The Bertz CT molecular complexity index is 448. The molecule has 4 heteroatoms. The van der Waals surface area contributed by atoms with Crippen LogP contribution in [0.2, 0.25) is 0 Å². The van der Waals surface area contributed by atoms with Gasteiger partial charge in [-0.3, -0.25) is 0 Å². The van der Waals surface area contributed by atoms with E-state index in [1.54, 1.807) is 0 Å². The first-order valence-electron chi connectivity index (χ1n) is 7.05. The second-order valence-electron chi connectivity index (χ2n) is 5.62. The molecule has 2 aliphatic rings. The summed E-state index contributed by atoms with van der Waals surface area (Å²) >= 11 is 0. The molecule has 1 aliphatic carbocycles. The van der Waals surface area contributed by atoms with E-state index in [0.29, 0.717) is 24.3 Å². The number of benzene rings is 1. The average Bonchev–Trinajstić information content (AvgIpc) is 3.25. The summed E-state index contributed by atoms with van der Waals surface area (Å²) in [5, 5.41) is 13.1. The normalized spacial score (nSPS) is 27.4. The Kier molecular flexibility index (Phi) is 3.71. The van der Waals surface area contributed by atoms with Crippen LogP contribution in [0, 0.1) is 11.7 Å². The van der Waals surface area contributed by atoms with E-state index in [0.717, 1.165) is 25.4 Å². The van der Waals surface area contributed by atoms with Crippen molar-refractivity contribution >= 4 is 0 Å². The first-order chi connectivity index (χ1) is 9.22. The molecule has 2 N–H and O–H groups in total. The van der Waals surface area contributed by atoms with E-state index in [4.69, 9.17) is 4.74 Å². The zero-order chi connectivity index (χ0) is 13.2. The highest BCUT2D eigenvalue weighted by Gasteiger charge is 2.35. The third kappa shape index (κ3) is 3.25. The summed E-state index contributed by atoms with van der Waals surface area (Å²) < 4.78 is 18.9. The second kappa shape index (κ2) is 5.47. The first-order valence-corrected chi connectivity index (χ1v) is 7.05. The molecule has 0 amide bonds. The number of phenolic OH excluding ortho intramolecular Hbond substituents is 1. The number of halogens is 1. The van der Waals surface area contributed by atoms with Gasteiger partial charge in [-0.05, 0) is 49.8 Å². The molecule has 3 rings (SSSR count). The topological polar surface area (TPSA) is 41.5 Å². The zero-order valence-electron chi connectivity index (χ0n) is 10.9. The quantitative estimate of drug-likeness (QED) is 0.879. The van der Waals surface area contributed by atoms with Crippen molar-refractivity contribution in [2.45, 2.75) is 44.4 Å². The van der Waals surface area contributed by atoms with E-state index in [2.05, 4.69) is 5.32 Å². The highest BCUT2D eigenvalue weighted by atomic mass is 19.1. The molecule has 1 aromatic carbocycles. The number of hydrogen-bond acceptors (Lipinski definition) is 3. The Balaban J connectivity index is 1.54. The Morgan fingerprint density at radius 2 is 2.16 bits per heavy atom. The summed E-state index contributed by atoms with van der Waals surface area (Å²) in [6.45, 7) is 1.31. The van der Waals surface area contributed by atoms with Gasteiger partial charge in [0.15, 0.2) is 0 Å². The summed E-state index contributed by atoms with van der Waals surface area (Å²) in [5.41, 5.74) is 0.620. The van der Waals surface area contributed by atoms with Crippen LogP contribution in [0.15, 0.2) is 18.2 Å². The Labute approximate surface area is 112 Å². The molecule has 1 heterocycles. The van der Waals surface area contributed by atoms with Crippen LogP contribution in [0.1, 0.15) is 31.2 Å². The fraction of sp³-hybridized carbons (Fsp3) is 0.600. The third-order valence-corrected chi connectivity index (χ3v) is 4.09. The monoisotopic (exact) mass is 265 g/mol. The van der Waals surface area contributed by atoms with Gasteiger partial charge in [-0.15, -0.1) is 0 Å². The van der Waals surface area contributed by atoms with Crippen molar-refractivity contribution in [3.63, 3.8) is 0 Å². The summed E-state index contributed by atoms with van der Waals surface area (Å²) in [7, 11) is 0. The summed E-state index contributed by atoms with van der Waals surface area (Å²) in [4.78, 5) is 0. The van der Waals surface area contributed by atoms with E-state index in [1.165, 1.54) is 31.0 Å². The molecule has 0 aromatic heterocycles. The SMILES string of the molecule is Oc1ccc(F)cc1CNC1CCOC(C2CC2)C1. The Morgan fingerprint density at radius 3 is 2.95 bits per heavy atom. The van der Waals surface area contributed by atoms with Crippen molar-refractivity contribution in [1.29, 1.82) is 0 Å². The van der Waals surface area contributed by atoms with Crippen LogP contribution in [0.5, 0.6) is 5.75 Å². The summed E-state index contributed by atoms with van der Waals surface area (Å²) in [6.07, 6.45) is 5.00. The van der Waals surface area contributed by atoms with Crippen LogP contribution >= 0.6 is 0 Å². The molecule has 19 heavy (non-hydrogen) atoms. The van der Waals surface area contributed by atoms with Crippen molar-refractivity contribution in [3.8, 4) is 5.75 Å². The van der Waals surface area contributed by atoms with Crippen LogP contribution in [0.4, 0.5) is 4.39 Å². The maximum Gasteiger partial charge on any atom is 0.123 e. The van der Waals surface area contributed by atoms with E-state index < -0.39 is 0 Å². The van der Waals surface area contributed by atoms with E-state index in [-0.39, 0.29) is 11.6 Å². The molecule has 1 saturated heterocycles. The number of rotatable bonds is 4. The molecule has 1 aromatic rings. The highest BCUT2D eigenvalue weighted by Crippen LogP contribution is 2.38. The predicted octanol–water partition coefficient (Wildman–Crippen LogP) is 2.58. The number of aromatic hydroxyl groups is 1. The smallest absolute Gasteiger partial charge is 0.123 e. The molecule has 2 fully saturated rings. The van der Waals surface area contributed by atoms with Crippen molar-refractivity contribution in [1.82, 2.24) is 5.32 Å².